The van der Waals surface area contributed by atoms with Gasteiger partial charge in [-0.1, -0.05) is 12.1 Å². The van der Waals surface area contributed by atoms with Crippen molar-refractivity contribution in [2.45, 2.75) is 33.1 Å². The first-order valence-electron chi connectivity index (χ1n) is 8.81. The van der Waals surface area contributed by atoms with Crippen molar-refractivity contribution in [3.8, 4) is 5.75 Å². The molecule has 0 bridgehead atoms. The zero-order chi connectivity index (χ0) is 19.5. The number of hydrogen-bond donors (Lipinski definition) is 2. The number of pyridine rings is 2. The van der Waals surface area contributed by atoms with Crippen LogP contribution in [0.1, 0.15) is 48.4 Å². The SMILES string of the molecule is C/C=N\N/C(=C\C)c1ccc(OCCCCc2ccc(C(=O)O)nc2)cn1. The molecular formula is C20H24N4O3. The van der Waals surface area contributed by atoms with Crippen molar-refractivity contribution in [2.24, 2.45) is 5.10 Å². The first kappa shape index (κ1) is 20.1. The Morgan fingerprint density at radius 3 is 2.52 bits per heavy atom. The van der Waals surface area contributed by atoms with E-state index in [9.17, 15) is 4.79 Å². The number of aromatic carboxylic acids is 1. The Labute approximate surface area is 158 Å². The van der Waals surface area contributed by atoms with Gasteiger partial charge in [0.05, 0.1) is 24.2 Å². The number of rotatable bonds is 10. The van der Waals surface area contributed by atoms with Gasteiger partial charge in [0.2, 0.25) is 0 Å². The minimum Gasteiger partial charge on any atom is -0.492 e. The van der Waals surface area contributed by atoms with Gasteiger partial charge in [0.1, 0.15) is 11.4 Å². The van der Waals surface area contributed by atoms with E-state index in [-0.39, 0.29) is 5.69 Å². The molecule has 2 aromatic rings. The monoisotopic (exact) mass is 368 g/mol. The summed E-state index contributed by atoms with van der Waals surface area (Å²) in [4.78, 5) is 19.1. The van der Waals surface area contributed by atoms with Crippen LogP contribution < -0.4 is 10.2 Å². The number of carbonyl (C=O) groups is 1. The molecule has 0 fully saturated rings. The van der Waals surface area contributed by atoms with Crippen LogP contribution in [0, 0.1) is 0 Å². The molecule has 142 valence electrons. The maximum atomic E-state index is 10.8. The Kier molecular flexibility index (Phi) is 7.96. The number of nitrogens with zero attached hydrogens (tertiary/aromatic N) is 3. The summed E-state index contributed by atoms with van der Waals surface area (Å²) in [6, 6.07) is 7.10. The molecule has 2 N–H and O–H groups in total. The van der Waals surface area contributed by atoms with Crippen LogP contribution in [0.4, 0.5) is 0 Å². The van der Waals surface area contributed by atoms with Crippen molar-refractivity contribution in [1.29, 1.82) is 0 Å². The van der Waals surface area contributed by atoms with Crippen LogP contribution in [-0.4, -0.2) is 33.9 Å². The summed E-state index contributed by atoms with van der Waals surface area (Å²) in [5, 5.41) is 12.8. The largest absolute Gasteiger partial charge is 0.492 e. The number of aryl methyl sites for hydroxylation is 1. The van der Waals surface area contributed by atoms with Gasteiger partial charge < -0.3 is 9.84 Å². The number of nitrogens with one attached hydrogen (secondary N) is 1. The third-order valence-electron chi connectivity index (χ3n) is 3.79. The Bertz CT molecular complexity index is 784. The molecule has 0 radical (unpaired) electrons. The van der Waals surface area contributed by atoms with Crippen LogP contribution in [0.5, 0.6) is 5.75 Å². The van der Waals surface area contributed by atoms with Gasteiger partial charge in [0.15, 0.2) is 0 Å². The summed E-state index contributed by atoms with van der Waals surface area (Å²) in [6.45, 7) is 4.35. The standard InChI is InChI=1S/C20H24N4O3/c1-3-17(24-23-4-2)18-11-9-16(14-22-18)27-12-6-5-7-15-8-10-19(20(25)26)21-13-15/h3-4,8-11,13-14,24H,5-7,12H2,1-2H3,(H,25,26)/b17-3-,23-4-. The molecule has 7 nitrogen and oxygen atoms in total. The van der Waals surface area contributed by atoms with Crippen molar-refractivity contribution >= 4 is 17.9 Å². The number of ether oxygens (including phenoxy) is 1. The molecule has 0 atom stereocenters. The average molecular weight is 368 g/mol. The highest BCUT2D eigenvalue weighted by Crippen LogP contribution is 2.15. The van der Waals surface area contributed by atoms with Gasteiger partial charge >= 0.3 is 5.97 Å². The second-order valence-corrected chi connectivity index (χ2v) is 5.74. The van der Waals surface area contributed by atoms with E-state index in [1.807, 2.05) is 32.1 Å². The van der Waals surface area contributed by atoms with Crippen molar-refractivity contribution in [3.63, 3.8) is 0 Å². The molecule has 0 aromatic carbocycles. The Balaban J connectivity index is 1.73. The zero-order valence-corrected chi connectivity index (χ0v) is 15.6. The van der Waals surface area contributed by atoms with E-state index in [0.717, 1.165) is 42.0 Å². The van der Waals surface area contributed by atoms with Crippen LogP contribution in [0.2, 0.25) is 0 Å². The number of carboxylic acid groups (broad SMARTS) is 1. The van der Waals surface area contributed by atoms with Gasteiger partial charge in [-0.25, -0.2) is 9.78 Å². The molecule has 0 unspecified atom stereocenters. The summed E-state index contributed by atoms with van der Waals surface area (Å²) < 4.78 is 5.72. The fourth-order valence-corrected chi connectivity index (χ4v) is 2.35. The Morgan fingerprint density at radius 1 is 1.15 bits per heavy atom. The quantitative estimate of drug-likeness (QED) is 0.378. The van der Waals surface area contributed by atoms with Crippen molar-refractivity contribution in [1.82, 2.24) is 15.4 Å². The van der Waals surface area contributed by atoms with E-state index >= 15 is 0 Å². The highest BCUT2D eigenvalue weighted by molar-refractivity contribution is 5.85. The smallest absolute Gasteiger partial charge is 0.354 e. The van der Waals surface area contributed by atoms with E-state index in [1.54, 1.807) is 24.7 Å². The molecule has 2 aromatic heterocycles. The van der Waals surface area contributed by atoms with Gasteiger partial charge in [-0.05, 0) is 56.9 Å². The number of carboxylic acids is 1. The first-order chi connectivity index (χ1) is 13.1. The zero-order valence-electron chi connectivity index (χ0n) is 15.6. The van der Waals surface area contributed by atoms with E-state index in [4.69, 9.17) is 9.84 Å². The summed E-state index contributed by atoms with van der Waals surface area (Å²) in [6.07, 6.45) is 9.55. The molecule has 0 aliphatic carbocycles. The lowest BCUT2D eigenvalue weighted by Crippen LogP contribution is -2.06. The molecule has 7 heteroatoms. The van der Waals surface area contributed by atoms with E-state index in [0.29, 0.717) is 6.61 Å². The molecule has 0 amide bonds. The lowest BCUT2D eigenvalue weighted by atomic mass is 10.1. The van der Waals surface area contributed by atoms with Crippen LogP contribution in [-0.2, 0) is 6.42 Å². The van der Waals surface area contributed by atoms with Gasteiger partial charge in [-0.3, -0.25) is 10.4 Å². The van der Waals surface area contributed by atoms with Crippen LogP contribution in [0.15, 0.2) is 47.8 Å². The summed E-state index contributed by atoms with van der Waals surface area (Å²) in [5.41, 5.74) is 5.65. The van der Waals surface area contributed by atoms with Gasteiger partial charge in [-0.2, -0.15) is 5.10 Å². The van der Waals surface area contributed by atoms with Crippen molar-refractivity contribution < 1.29 is 14.6 Å². The topological polar surface area (TPSA) is 96.7 Å². The molecule has 0 aliphatic heterocycles. The number of allylic oxidation sites excluding steroid dienone is 1. The molecule has 0 aliphatic rings. The van der Waals surface area contributed by atoms with Gasteiger partial charge in [0.25, 0.3) is 0 Å². The number of aromatic nitrogens is 2. The fourth-order valence-electron chi connectivity index (χ4n) is 2.35. The molecule has 0 saturated carbocycles. The summed E-state index contributed by atoms with van der Waals surface area (Å²) in [5.74, 6) is -0.286. The minimum atomic E-state index is -1.01. The predicted octanol–water partition coefficient (Wildman–Crippen LogP) is 3.53. The van der Waals surface area contributed by atoms with E-state index in [1.165, 1.54) is 6.07 Å². The third kappa shape index (κ3) is 6.54. The lowest BCUT2D eigenvalue weighted by molar-refractivity contribution is 0.0690. The summed E-state index contributed by atoms with van der Waals surface area (Å²) in [7, 11) is 0. The maximum absolute atomic E-state index is 10.8. The van der Waals surface area contributed by atoms with Gasteiger partial charge in [-0.15, -0.1) is 0 Å². The predicted molar refractivity (Wildman–Crippen MR) is 105 cm³/mol. The molecular weight excluding hydrogens is 344 g/mol. The minimum absolute atomic E-state index is 0.0656. The molecule has 0 saturated heterocycles. The number of hydrogen-bond acceptors (Lipinski definition) is 6. The molecule has 27 heavy (non-hydrogen) atoms. The first-order valence-corrected chi connectivity index (χ1v) is 8.81. The Hall–Kier alpha value is -3.22. The molecule has 2 rings (SSSR count). The molecule has 2 heterocycles. The lowest BCUT2D eigenvalue weighted by Gasteiger charge is -2.08. The second kappa shape index (κ2) is 10.7. The van der Waals surface area contributed by atoms with Crippen LogP contribution >= 0.6 is 0 Å². The van der Waals surface area contributed by atoms with E-state index < -0.39 is 5.97 Å². The average Bonchev–Trinajstić information content (AvgIpc) is 2.69. The van der Waals surface area contributed by atoms with E-state index in [2.05, 4.69) is 20.5 Å². The maximum Gasteiger partial charge on any atom is 0.354 e. The van der Waals surface area contributed by atoms with Crippen LogP contribution in [0.3, 0.4) is 0 Å². The molecule has 0 spiro atoms. The highest BCUT2D eigenvalue weighted by Gasteiger charge is 2.04. The van der Waals surface area contributed by atoms with Crippen molar-refractivity contribution in [3.05, 3.63) is 59.7 Å². The Morgan fingerprint density at radius 2 is 1.93 bits per heavy atom. The number of hydrazone groups is 1. The number of unbranched alkanes of at least 4 members (excludes halogenated alkanes) is 1. The normalized spacial score (nSPS) is 11.6. The summed E-state index contributed by atoms with van der Waals surface area (Å²) >= 11 is 0. The van der Waals surface area contributed by atoms with Crippen LogP contribution in [0.25, 0.3) is 5.70 Å². The second-order valence-electron chi connectivity index (χ2n) is 5.74. The highest BCUT2D eigenvalue weighted by atomic mass is 16.5. The third-order valence-corrected chi connectivity index (χ3v) is 3.79. The van der Waals surface area contributed by atoms with Crippen molar-refractivity contribution in [2.75, 3.05) is 6.61 Å². The fraction of sp³-hybridized carbons (Fsp3) is 0.300. The van der Waals surface area contributed by atoms with Gasteiger partial charge in [0, 0.05) is 12.4 Å².